The van der Waals surface area contributed by atoms with Crippen LogP contribution in [0.4, 0.5) is 36.4 Å². The van der Waals surface area contributed by atoms with E-state index >= 15 is 0 Å². The molecule has 1 amide bonds. The van der Waals surface area contributed by atoms with Crippen LogP contribution in [0.1, 0.15) is 32.0 Å². The second-order valence-corrected chi connectivity index (χ2v) is 6.98. The number of anilines is 1. The zero-order valence-electron chi connectivity index (χ0n) is 17.8. The lowest BCUT2D eigenvalue weighted by molar-refractivity contribution is -0.143. The fourth-order valence-electron chi connectivity index (χ4n) is 2.95. The molecule has 0 saturated heterocycles. The first-order valence-electron chi connectivity index (χ1n) is 9.55. The van der Waals surface area contributed by atoms with Gasteiger partial charge in [0.1, 0.15) is 17.3 Å². The van der Waals surface area contributed by atoms with Crippen LogP contribution < -0.4 is 14.8 Å². The van der Waals surface area contributed by atoms with Gasteiger partial charge in [0.2, 0.25) is 0 Å². The maximum absolute atomic E-state index is 13.8. The largest absolute Gasteiger partial charge is 0.493 e. The van der Waals surface area contributed by atoms with Crippen molar-refractivity contribution in [2.45, 2.75) is 12.4 Å². The van der Waals surface area contributed by atoms with Crippen molar-refractivity contribution in [2.24, 2.45) is 0 Å². The summed E-state index contributed by atoms with van der Waals surface area (Å²) in [5.41, 5.74) is -5.77. The Hall–Kier alpha value is -4.36. The smallest absolute Gasteiger partial charge is 0.417 e. The Kier molecular flexibility index (Phi) is 7.08. The quantitative estimate of drug-likeness (QED) is 0.388. The first kappa shape index (κ1) is 26.2. The molecule has 0 aliphatic heterocycles. The van der Waals surface area contributed by atoms with Gasteiger partial charge in [0.15, 0.2) is 11.5 Å². The molecule has 2 aromatic carbocycles. The number of benzene rings is 2. The van der Waals surface area contributed by atoms with Crippen molar-refractivity contribution in [2.75, 3.05) is 12.4 Å². The predicted molar refractivity (Wildman–Crippen MR) is 109 cm³/mol. The number of aromatic carboxylic acids is 1. The first-order valence-corrected chi connectivity index (χ1v) is 9.55. The molecule has 190 valence electrons. The molecule has 0 atom stereocenters. The number of hydrogen-bond acceptors (Lipinski definition) is 5. The molecule has 2 N–H and O–H groups in total. The van der Waals surface area contributed by atoms with Crippen LogP contribution in [-0.2, 0) is 12.4 Å². The summed E-state index contributed by atoms with van der Waals surface area (Å²) < 4.78 is 105. The monoisotopic (exact) mass is 518 g/mol. The van der Waals surface area contributed by atoms with Crippen LogP contribution in [0.3, 0.4) is 0 Å². The molecule has 1 aromatic heterocycles. The molecule has 0 fully saturated rings. The second kappa shape index (κ2) is 9.71. The van der Waals surface area contributed by atoms with Gasteiger partial charge in [-0.2, -0.15) is 26.3 Å². The maximum atomic E-state index is 13.8. The number of amides is 1. The van der Waals surface area contributed by atoms with Gasteiger partial charge in [-0.15, -0.1) is 0 Å². The van der Waals surface area contributed by atoms with E-state index in [1.165, 1.54) is 0 Å². The topological polar surface area (TPSA) is 97.8 Å². The van der Waals surface area contributed by atoms with Crippen LogP contribution in [0.15, 0.2) is 48.7 Å². The number of pyridine rings is 1. The number of rotatable bonds is 6. The van der Waals surface area contributed by atoms with Gasteiger partial charge in [-0.3, -0.25) is 4.79 Å². The number of carbonyl (C=O) groups is 2. The molecule has 7 nitrogen and oxygen atoms in total. The molecule has 14 heteroatoms. The van der Waals surface area contributed by atoms with Crippen molar-refractivity contribution in [1.29, 1.82) is 0 Å². The minimum Gasteiger partial charge on any atom is -0.493 e. The summed E-state index contributed by atoms with van der Waals surface area (Å²) in [7, 11) is 1.05. The van der Waals surface area contributed by atoms with Gasteiger partial charge in [0.05, 0.1) is 35.7 Å². The molecule has 0 radical (unpaired) electrons. The normalized spacial score (nSPS) is 11.7. The van der Waals surface area contributed by atoms with Crippen molar-refractivity contribution in [1.82, 2.24) is 4.98 Å². The zero-order chi connectivity index (χ0) is 26.8. The summed E-state index contributed by atoms with van der Waals surface area (Å²) in [5, 5.41) is 10.9. The number of halogens is 7. The Morgan fingerprint density at radius 1 is 0.917 bits per heavy atom. The molecule has 0 unspecified atom stereocenters. The van der Waals surface area contributed by atoms with E-state index in [9.17, 15) is 40.3 Å². The highest BCUT2D eigenvalue weighted by Gasteiger charge is 2.42. The highest BCUT2D eigenvalue weighted by atomic mass is 19.4. The van der Waals surface area contributed by atoms with E-state index in [4.69, 9.17) is 14.6 Å². The number of ether oxygens (including phenoxy) is 2. The summed E-state index contributed by atoms with van der Waals surface area (Å²) >= 11 is 0. The number of alkyl halides is 6. The Bertz CT molecular complexity index is 1310. The maximum Gasteiger partial charge on any atom is 0.417 e. The lowest BCUT2D eigenvalue weighted by Crippen LogP contribution is -2.21. The number of nitrogens with one attached hydrogen (secondary N) is 1. The minimum atomic E-state index is -5.44. The summed E-state index contributed by atoms with van der Waals surface area (Å²) in [6, 6.07) is 4.34. The van der Waals surface area contributed by atoms with Crippen LogP contribution in [0.25, 0.3) is 0 Å². The fourth-order valence-corrected chi connectivity index (χ4v) is 2.95. The van der Waals surface area contributed by atoms with E-state index in [0.717, 1.165) is 43.6 Å². The van der Waals surface area contributed by atoms with Crippen LogP contribution in [0.2, 0.25) is 0 Å². The van der Waals surface area contributed by atoms with E-state index in [0.29, 0.717) is 0 Å². The van der Waals surface area contributed by atoms with Crippen LogP contribution in [0.5, 0.6) is 17.2 Å². The van der Waals surface area contributed by atoms with Crippen molar-refractivity contribution in [3.63, 3.8) is 0 Å². The zero-order valence-corrected chi connectivity index (χ0v) is 17.8. The number of methoxy groups -OCH3 is 1. The first-order chi connectivity index (χ1) is 16.7. The molecule has 36 heavy (non-hydrogen) atoms. The van der Waals surface area contributed by atoms with Gasteiger partial charge in [-0.25, -0.2) is 14.2 Å². The molecule has 0 saturated carbocycles. The number of aromatic nitrogens is 1. The van der Waals surface area contributed by atoms with E-state index in [1.807, 2.05) is 5.32 Å². The number of nitrogens with zero attached hydrogens (tertiary/aromatic N) is 1. The van der Waals surface area contributed by atoms with E-state index in [1.54, 1.807) is 0 Å². The van der Waals surface area contributed by atoms with E-state index in [2.05, 4.69) is 4.98 Å². The number of carbonyl (C=O) groups excluding carboxylic acids is 1. The molecule has 0 spiro atoms. The number of hydrogen-bond donors (Lipinski definition) is 2. The average molecular weight is 518 g/mol. The third-order valence-electron chi connectivity index (χ3n) is 4.55. The second-order valence-electron chi connectivity index (χ2n) is 6.98. The molecular weight excluding hydrogens is 505 g/mol. The predicted octanol–water partition coefficient (Wildman–Crippen LogP) is 6.01. The average Bonchev–Trinajstić information content (AvgIpc) is 2.78. The van der Waals surface area contributed by atoms with Crippen molar-refractivity contribution < 1.29 is 54.9 Å². The summed E-state index contributed by atoms with van der Waals surface area (Å²) in [6.45, 7) is 0. The van der Waals surface area contributed by atoms with Gasteiger partial charge >= 0.3 is 18.3 Å². The third-order valence-corrected chi connectivity index (χ3v) is 4.55. The lowest BCUT2D eigenvalue weighted by Gasteiger charge is -2.20. The SMILES string of the molecule is COc1cc(F)ccc1Oc1cc(C(F)(F)F)cc(C(F)(F)F)c1C(=O)Nc1ccc(C(=O)O)nc1. The Labute approximate surface area is 197 Å². The Morgan fingerprint density at radius 3 is 2.14 bits per heavy atom. The third kappa shape index (κ3) is 5.82. The fraction of sp³-hybridized carbons (Fsp3) is 0.136. The molecular formula is C22H13F7N2O5. The van der Waals surface area contributed by atoms with E-state index < -0.39 is 63.9 Å². The number of carboxylic acids is 1. The molecule has 0 aliphatic rings. The Balaban J connectivity index is 2.18. The van der Waals surface area contributed by atoms with Gasteiger partial charge in [-0.1, -0.05) is 0 Å². The summed E-state index contributed by atoms with van der Waals surface area (Å²) in [4.78, 5) is 27.3. The Morgan fingerprint density at radius 2 is 1.61 bits per heavy atom. The van der Waals surface area contributed by atoms with Crippen molar-refractivity contribution in [3.05, 3.63) is 76.9 Å². The lowest BCUT2D eigenvalue weighted by atomic mass is 10.0. The highest BCUT2D eigenvalue weighted by molar-refractivity contribution is 6.07. The van der Waals surface area contributed by atoms with Gasteiger partial charge < -0.3 is 19.9 Å². The summed E-state index contributed by atoms with van der Waals surface area (Å²) in [5.74, 6) is -5.81. The van der Waals surface area contributed by atoms with Gasteiger partial charge in [-0.05, 0) is 36.4 Å². The van der Waals surface area contributed by atoms with Gasteiger partial charge in [0.25, 0.3) is 5.91 Å². The van der Waals surface area contributed by atoms with Crippen molar-refractivity contribution in [3.8, 4) is 17.2 Å². The molecule has 1 heterocycles. The molecule has 3 rings (SSSR count). The van der Waals surface area contributed by atoms with Crippen LogP contribution in [-0.4, -0.2) is 29.1 Å². The summed E-state index contributed by atoms with van der Waals surface area (Å²) in [6.07, 6.45) is -9.87. The molecule has 0 aliphatic carbocycles. The number of carboxylic acid groups (broad SMARTS) is 1. The van der Waals surface area contributed by atoms with Crippen LogP contribution >= 0.6 is 0 Å². The standard InChI is InChI=1S/C22H13F7N2O5/c1-35-16-8-11(23)2-5-15(16)36-17-7-10(21(24,25)26)6-13(22(27,28)29)18(17)19(32)31-12-3-4-14(20(33)34)30-9-12/h2-9H,1H3,(H,31,32)(H,33,34). The molecule has 3 aromatic rings. The van der Waals surface area contributed by atoms with Gasteiger partial charge in [0, 0.05) is 6.07 Å². The van der Waals surface area contributed by atoms with E-state index in [-0.39, 0.29) is 23.6 Å². The highest BCUT2D eigenvalue weighted by Crippen LogP contribution is 2.44. The van der Waals surface area contributed by atoms with Crippen LogP contribution in [0, 0.1) is 5.82 Å². The minimum absolute atomic E-state index is 0.179. The van der Waals surface area contributed by atoms with Crippen molar-refractivity contribution >= 4 is 17.6 Å². The molecule has 0 bridgehead atoms.